The molecule has 0 saturated carbocycles. The minimum atomic E-state index is -4.86. The van der Waals surface area contributed by atoms with Gasteiger partial charge in [-0.05, 0) is 15.9 Å². The van der Waals surface area contributed by atoms with Crippen molar-refractivity contribution in [3.05, 3.63) is 21.0 Å². The lowest BCUT2D eigenvalue weighted by molar-refractivity contribution is -0.198. The Bertz CT molecular complexity index is 556. The SMILES string of the molecule is O=c1c(Br)c(NCC(O)C(F)(F)F)cnn1CC(F)(F)F. The van der Waals surface area contributed by atoms with E-state index in [1.54, 1.807) is 0 Å². The third kappa shape index (κ3) is 5.19. The van der Waals surface area contributed by atoms with Crippen LogP contribution in [0.15, 0.2) is 15.5 Å². The van der Waals surface area contributed by atoms with E-state index in [0.717, 1.165) is 6.20 Å². The Morgan fingerprint density at radius 3 is 2.38 bits per heavy atom. The van der Waals surface area contributed by atoms with E-state index >= 15 is 0 Å². The average Bonchev–Trinajstić information content (AvgIpc) is 2.31. The number of nitrogens with one attached hydrogen (secondary N) is 1. The van der Waals surface area contributed by atoms with Crippen LogP contribution in [0.4, 0.5) is 32.0 Å². The maximum absolute atomic E-state index is 12.1. The van der Waals surface area contributed by atoms with Crippen LogP contribution < -0.4 is 10.9 Å². The van der Waals surface area contributed by atoms with E-state index < -0.39 is 41.6 Å². The third-order valence-corrected chi connectivity index (χ3v) is 2.94. The van der Waals surface area contributed by atoms with Crippen molar-refractivity contribution < 1.29 is 31.4 Å². The first-order valence-corrected chi connectivity index (χ1v) is 6.02. The fourth-order valence-corrected chi connectivity index (χ4v) is 1.64. The van der Waals surface area contributed by atoms with Gasteiger partial charge in [-0.2, -0.15) is 31.4 Å². The van der Waals surface area contributed by atoms with Gasteiger partial charge in [0, 0.05) is 6.54 Å². The van der Waals surface area contributed by atoms with Gasteiger partial charge in [-0.15, -0.1) is 0 Å². The molecule has 0 radical (unpaired) electrons. The molecule has 0 spiro atoms. The minimum Gasteiger partial charge on any atom is -0.382 e. The molecule has 0 saturated heterocycles. The molecule has 1 aromatic heterocycles. The average molecular weight is 384 g/mol. The Balaban J connectivity index is 2.88. The summed E-state index contributed by atoms with van der Waals surface area (Å²) in [5, 5.41) is 14.0. The lowest BCUT2D eigenvalue weighted by atomic mass is 10.3. The van der Waals surface area contributed by atoms with Gasteiger partial charge in [0.05, 0.1) is 11.9 Å². The summed E-state index contributed by atoms with van der Waals surface area (Å²) in [7, 11) is 0. The summed E-state index contributed by atoms with van der Waals surface area (Å²) < 4.78 is 72.4. The molecule has 1 rings (SSSR count). The van der Waals surface area contributed by atoms with Gasteiger partial charge >= 0.3 is 12.4 Å². The number of rotatable bonds is 4. The van der Waals surface area contributed by atoms with Crippen LogP contribution in [-0.2, 0) is 6.54 Å². The molecular formula is C9H8BrF6N3O2. The second-order valence-corrected chi connectivity index (χ2v) is 4.68. The number of aliphatic hydroxyl groups excluding tert-OH is 1. The van der Waals surface area contributed by atoms with E-state index in [-0.39, 0.29) is 10.4 Å². The highest BCUT2D eigenvalue weighted by atomic mass is 79.9. The van der Waals surface area contributed by atoms with Gasteiger partial charge in [0.15, 0.2) is 6.10 Å². The van der Waals surface area contributed by atoms with Crippen LogP contribution >= 0.6 is 15.9 Å². The number of aliphatic hydroxyl groups is 1. The van der Waals surface area contributed by atoms with Crippen LogP contribution in [0, 0.1) is 0 Å². The largest absolute Gasteiger partial charge is 0.416 e. The van der Waals surface area contributed by atoms with E-state index in [0.29, 0.717) is 0 Å². The van der Waals surface area contributed by atoms with Crippen LogP contribution in [0.3, 0.4) is 0 Å². The molecule has 0 aliphatic heterocycles. The van der Waals surface area contributed by atoms with E-state index in [4.69, 9.17) is 5.11 Å². The van der Waals surface area contributed by atoms with Crippen molar-refractivity contribution in [1.82, 2.24) is 9.78 Å². The molecule has 0 aliphatic rings. The molecule has 1 aromatic rings. The zero-order valence-electron chi connectivity index (χ0n) is 9.96. The van der Waals surface area contributed by atoms with Gasteiger partial charge in [-0.25, -0.2) is 4.68 Å². The van der Waals surface area contributed by atoms with E-state index in [9.17, 15) is 31.1 Å². The Morgan fingerprint density at radius 1 is 1.33 bits per heavy atom. The number of halogens is 7. The lowest BCUT2D eigenvalue weighted by Crippen LogP contribution is -2.36. The first kappa shape index (κ1) is 17.8. The van der Waals surface area contributed by atoms with Crippen molar-refractivity contribution in [1.29, 1.82) is 0 Å². The lowest BCUT2D eigenvalue weighted by Gasteiger charge is -2.16. The molecule has 1 unspecified atom stereocenters. The number of hydrogen-bond acceptors (Lipinski definition) is 4. The van der Waals surface area contributed by atoms with Gasteiger partial charge in [-0.3, -0.25) is 4.79 Å². The molecule has 1 atom stereocenters. The Labute approximate surface area is 121 Å². The zero-order chi connectivity index (χ0) is 16.4. The van der Waals surface area contributed by atoms with E-state index in [1.165, 1.54) is 0 Å². The fraction of sp³-hybridized carbons (Fsp3) is 0.556. The molecule has 120 valence electrons. The minimum absolute atomic E-state index is 0.107. The Morgan fingerprint density at radius 2 is 1.90 bits per heavy atom. The van der Waals surface area contributed by atoms with Crippen molar-refractivity contribution in [2.45, 2.75) is 25.0 Å². The normalized spacial score (nSPS) is 14.1. The van der Waals surface area contributed by atoms with Gasteiger partial charge in [-0.1, -0.05) is 0 Å². The highest BCUT2D eigenvalue weighted by molar-refractivity contribution is 9.10. The highest BCUT2D eigenvalue weighted by Gasteiger charge is 2.38. The molecule has 5 nitrogen and oxygen atoms in total. The van der Waals surface area contributed by atoms with Gasteiger partial charge in [0.1, 0.15) is 11.0 Å². The predicted molar refractivity (Wildman–Crippen MR) is 62.8 cm³/mol. The molecule has 12 heteroatoms. The number of alkyl halides is 6. The smallest absolute Gasteiger partial charge is 0.382 e. The topological polar surface area (TPSA) is 67.2 Å². The van der Waals surface area contributed by atoms with Crippen LogP contribution in [0.1, 0.15) is 0 Å². The number of anilines is 1. The molecule has 0 aliphatic carbocycles. The summed E-state index contributed by atoms with van der Waals surface area (Å²) in [4.78, 5) is 11.5. The Hall–Kier alpha value is -1.30. The second-order valence-electron chi connectivity index (χ2n) is 3.89. The highest BCUT2D eigenvalue weighted by Crippen LogP contribution is 2.22. The van der Waals surface area contributed by atoms with Crippen molar-refractivity contribution in [3.8, 4) is 0 Å². The number of aromatic nitrogens is 2. The van der Waals surface area contributed by atoms with Crippen molar-refractivity contribution in [3.63, 3.8) is 0 Å². The van der Waals surface area contributed by atoms with E-state index in [2.05, 4.69) is 26.3 Å². The first-order chi connectivity index (χ1) is 9.42. The van der Waals surface area contributed by atoms with Crippen LogP contribution in [0.25, 0.3) is 0 Å². The van der Waals surface area contributed by atoms with Crippen LogP contribution in [0.2, 0.25) is 0 Å². The predicted octanol–water partition coefficient (Wildman–Crippen LogP) is 1.90. The van der Waals surface area contributed by atoms with Crippen molar-refractivity contribution in [2.24, 2.45) is 0 Å². The standard InChI is InChI=1S/C9H8BrF6N3O2/c10-6-4(17-2-5(20)9(14,15)16)1-18-19(7(6)21)3-8(11,12)13/h1,5,17,20H,2-3H2. The Kier molecular flexibility index (Phi) is 5.25. The summed E-state index contributed by atoms with van der Waals surface area (Å²) in [6, 6.07) is 0. The van der Waals surface area contributed by atoms with Gasteiger partial charge in [0.2, 0.25) is 0 Å². The zero-order valence-corrected chi connectivity index (χ0v) is 11.6. The van der Waals surface area contributed by atoms with Crippen molar-refractivity contribution >= 4 is 21.6 Å². The van der Waals surface area contributed by atoms with E-state index in [1.807, 2.05) is 0 Å². The summed E-state index contributed by atoms with van der Waals surface area (Å²) in [6.07, 6.45) is -11.5. The van der Waals surface area contributed by atoms with Crippen molar-refractivity contribution in [2.75, 3.05) is 11.9 Å². The molecule has 0 fully saturated rings. The summed E-state index contributed by atoms with van der Waals surface area (Å²) in [5.74, 6) is 0. The quantitative estimate of drug-likeness (QED) is 0.779. The second kappa shape index (κ2) is 6.22. The molecule has 1 heterocycles. The maximum Gasteiger partial charge on any atom is 0.416 e. The number of nitrogens with zero attached hydrogens (tertiary/aromatic N) is 2. The molecular weight excluding hydrogens is 376 g/mol. The molecule has 0 aromatic carbocycles. The molecule has 21 heavy (non-hydrogen) atoms. The third-order valence-electron chi connectivity index (χ3n) is 2.18. The number of hydrogen-bond donors (Lipinski definition) is 2. The summed E-state index contributed by atoms with van der Waals surface area (Å²) in [6.45, 7) is -2.61. The van der Waals surface area contributed by atoms with Gasteiger partial charge in [0.25, 0.3) is 5.56 Å². The molecule has 2 N–H and O–H groups in total. The summed E-state index contributed by atoms with van der Waals surface area (Å²) >= 11 is 2.67. The molecule has 0 amide bonds. The monoisotopic (exact) mass is 383 g/mol. The van der Waals surface area contributed by atoms with Crippen LogP contribution in [0.5, 0.6) is 0 Å². The first-order valence-electron chi connectivity index (χ1n) is 5.23. The fourth-order valence-electron chi connectivity index (χ4n) is 1.19. The van der Waals surface area contributed by atoms with Gasteiger partial charge < -0.3 is 10.4 Å². The van der Waals surface area contributed by atoms with Crippen LogP contribution in [-0.4, -0.2) is 39.9 Å². The summed E-state index contributed by atoms with van der Waals surface area (Å²) in [5.41, 5.74) is -1.43. The maximum atomic E-state index is 12.1. The molecule has 0 bridgehead atoms.